The van der Waals surface area contributed by atoms with E-state index in [1.54, 1.807) is 16.9 Å². The van der Waals surface area contributed by atoms with Crippen LogP contribution in [0.2, 0.25) is 5.02 Å². The van der Waals surface area contributed by atoms with E-state index in [2.05, 4.69) is 20.1 Å². The third kappa shape index (κ3) is 3.06. The third-order valence-corrected chi connectivity index (χ3v) is 4.18. The largest absolute Gasteiger partial charge is 0.440 e. The van der Waals surface area contributed by atoms with Gasteiger partial charge >= 0.3 is 0 Å². The van der Waals surface area contributed by atoms with Crippen molar-refractivity contribution < 1.29 is 4.42 Å². The van der Waals surface area contributed by atoms with Crippen LogP contribution in [0.15, 0.2) is 58.5 Å². The average molecular weight is 344 g/mol. The molecule has 0 amide bonds. The number of halogens is 1. The number of hydrogen-bond donors (Lipinski definition) is 0. The van der Waals surface area contributed by atoms with Gasteiger partial charge in [0.25, 0.3) is 5.78 Å². The molecular weight excluding hydrogens is 334 g/mol. The fraction of sp³-hybridized carbons (Fsp3) is 0.0667. The van der Waals surface area contributed by atoms with Crippen molar-refractivity contribution in [2.75, 3.05) is 0 Å². The van der Waals surface area contributed by atoms with Crippen LogP contribution < -0.4 is 0 Å². The van der Waals surface area contributed by atoms with Gasteiger partial charge in [-0.1, -0.05) is 23.4 Å². The van der Waals surface area contributed by atoms with E-state index in [0.717, 1.165) is 5.56 Å². The maximum Gasteiger partial charge on any atom is 0.253 e. The molecule has 0 fully saturated rings. The van der Waals surface area contributed by atoms with Gasteiger partial charge in [0.05, 0.1) is 11.9 Å². The summed E-state index contributed by atoms with van der Waals surface area (Å²) in [6.07, 6.45) is 5.20. The summed E-state index contributed by atoms with van der Waals surface area (Å²) in [7, 11) is 0. The minimum Gasteiger partial charge on any atom is -0.440 e. The van der Waals surface area contributed by atoms with Crippen LogP contribution in [0.25, 0.3) is 17.1 Å². The second-order valence-electron chi connectivity index (χ2n) is 4.67. The summed E-state index contributed by atoms with van der Waals surface area (Å²) in [6.45, 7) is 0. The molecule has 23 heavy (non-hydrogen) atoms. The second kappa shape index (κ2) is 6.02. The maximum atomic E-state index is 5.88. The predicted molar refractivity (Wildman–Crippen MR) is 87.3 cm³/mol. The molecular formula is C15H10ClN5OS. The molecule has 4 rings (SSSR count). The monoisotopic (exact) mass is 343 g/mol. The lowest BCUT2D eigenvalue weighted by atomic mass is 10.2. The molecule has 3 heterocycles. The summed E-state index contributed by atoms with van der Waals surface area (Å²) < 4.78 is 7.39. The number of nitrogens with zero attached hydrogens (tertiary/aromatic N) is 5. The Balaban J connectivity index is 1.48. The molecule has 0 saturated heterocycles. The number of benzene rings is 1. The molecule has 0 atom stereocenters. The van der Waals surface area contributed by atoms with Crippen LogP contribution >= 0.6 is 23.4 Å². The first-order valence-corrected chi connectivity index (χ1v) is 8.15. The highest BCUT2D eigenvalue weighted by Gasteiger charge is 2.10. The molecule has 0 saturated carbocycles. The Bertz CT molecular complexity index is 917. The van der Waals surface area contributed by atoms with Crippen LogP contribution in [0.1, 0.15) is 5.89 Å². The highest BCUT2D eigenvalue weighted by molar-refractivity contribution is 7.98. The van der Waals surface area contributed by atoms with E-state index in [9.17, 15) is 0 Å². The van der Waals surface area contributed by atoms with Crippen LogP contribution in [-0.4, -0.2) is 24.6 Å². The van der Waals surface area contributed by atoms with Gasteiger partial charge in [-0.05, 0) is 30.3 Å². The summed E-state index contributed by atoms with van der Waals surface area (Å²) in [4.78, 5) is 12.7. The molecule has 6 nitrogen and oxygen atoms in total. The Labute approximate surface area is 140 Å². The zero-order valence-electron chi connectivity index (χ0n) is 11.8. The minimum atomic E-state index is 0.546. The van der Waals surface area contributed by atoms with Gasteiger partial charge in [-0.2, -0.15) is 4.98 Å². The first-order chi connectivity index (χ1) is 11.3. The molecule has 0 aliphatic heterocycles. The van der Waals surface area contributed by atoms with Gasteiger partial charge in [-0.3, -0.25) is 0 Å². The average Bonchev–Trinajstić information content (AvgIpc) is 3.20. The molecule has 0 radical (unpaired) electrons. The lowest BCUT2D eigenvalue weighted by Crippen LogP contribution is -1.87. The Morgan fingerprint density at radius 3 is 2.87 bits per heavy atom. The van der Waals surface area contributed by atoms with Gasteiger partial charge in [0, 0.05) is 23.0 Å². The van der Waals surface area contributed by atoms with Gasteiger partial charge < -0.3 is 4.42 Å². The number of rotatable bonds is 4. The minimum absolute atomic E-state index is 0.546. The van der Waals surface area contributed by atoms with Crippen molar-refractivity contribution in [3.63, 3.8) is 0 Å². The van der Waals surface area contributed by atoms with Gasteiger partial charge in [-0.15, -0.1) is 5.10 Å². The van der Waals surface area contributed by atoms with E-state index < -0.39 is 0 Å². The van der Waals surface area contributed by atoms with Crippen LogP contribution in [0, 0.1) is 0 Å². The lowest BCUT2D eigenvalue weighted by molar-refractivity contribution is 0.530. The lowest BCUT2D eigenvalue weighted by Gasteiger charge is -1.96. The Hall–Kier alpha value is -2.38. The number of hydrogen-bond acceptors (Lipinski definition) is 6. The van der Waals surface area contributed by atoms with Crippen LogP contribution in [0.3, 0.4) is 0 Å². The van der Waals surface area contributed by atoms with E-state index >= 15 is 0 Å². The number of fused-ring (bicyclic) bond motifs is 1. The smallest absolute Gasteiger partial charge is 0.253 e. The normalized spacial score (nSPS) is 11.2. The first-order valence-electron chi connectivity index (χ1n) is 6.79. The maximum absolute atomic E-state index is 5.88. The summed E-state index contributed by atoms with van der Waals surface area (Å²) in [5.41, 5.74) is 0.938. The zero-order valence-corrected chi connectivity index (χ0v) is 13.3. The Morgan fingerprint density at radius 2 is 2.04 bits per heavy atom. The molecule has 114 valence electrons. The topological polar surface area (TPSA) is 69.1 Å². The third-order valence-electron chi connectivity index (χ3n) is 3.10. The molecule has 0 aliphatic rings. The van der Waals surface area contributed by atoms with Crippen molar-refractivity contribution >= 4 is 29.1 Å². The van der Waals surface area contributed by atoms with Gasteiger partial charge in [-0.25, -0.2) is 14.5 Å². The quantitative estimate of drug-likeness (QED) is 0.526. The molecule has 4 aromatic rings. The number of thioether (sulfide) groups is 1. The molecule has 1 aromatic carbocycles. The van der Waals surface area contributed by atoms with E-state index in [4.69, 9.17) is 16.0 Å². The van der Waals surface area contributed by atoms with Crippen molar-refractivity contribution in [1.29, 1.82) is 0 Å². The van der Waals surface area contributed by atoms with Crippen molar-refractivity contribution in [3.05, 3.63) is 59.8 Å². The van der Waals surface area contributed by atoms with Crippen molar-refractivity contribution in [2.24, 2.45) is 0 Å². The standard InChI is InChI=1S/C15H10ClN5OS/c16-11-4-2-10(3-5-11)12-8-18-13(22-12)9-23-15-19-14-17-6-1-7-21(14)20-15/h1-8H,9H2. The summed E-state index contributed by atoms with van der Waals surface area (Å²) in [5, 5.41) is 5.65. The fourth-order valence-corrected chi connectivity index (χ4v) is 2.83. The molecule has 0 aliphatic carbocycles. The van der Waals surface area contributed by atoms with E-state index in [-0.39, 0.29) is 0 Å². The first kappa shape index (κ1) is 14.2. The van der Waals surface area contributed by atoms with Crippen LogP contribution in [0.5, 0.6) is 0 Å². The van der Waals surface area contributed by atoms with Gasteiger partial charge in [0.15, 0.2) is 5.76 Å². The van der Waals surface area contributed by atoms with Crippen LogP contribution in [-0.2, 0) is 5.75 Å². The molecule has 0 N–H and O–H groups in total. The SMILES string of the molecule is Clc1ccc(-c2cnc(CSc3nc4ncccn4n3)o2)cc1. The van der Waals surface area contributed by atoms with Gasteiger partial charge in [0.2, 0.25) is 11.0 Å². The van der Waals surface area contributed by atoms with E-state index in [1.807, 2.05) is 36.5 Å². The van der Waals surface area contributed by atoms with E-state index in [0.29, 0.717) is 33.4 Å². The van der Waals surface area contributed by atoms with Crippen molar-refractivity contribution in [3.8, 4) is 11.3 Å². The highest BCUT2D eigenvalue weighted by Crippen LogP contribution is 2.25. The molecule has 0 spiro atoms. The summed E-state index contributed by atoms with van der Waals surface area (Å²) in [5.74, 6) is 2.45. The number of oxazole rings is 1. The Morgan fingerprint density at radius 1 is 1.17 bits per heavy atom. The molecule has 0 unspecified atom stereocenters. The summed E-state index contributed by atoms with van der Waals surface area (Å²) >= 11 is 7.33. The molecule has 3 aromatic heterocycles. The van der Waals surface area contributed by atoms with Crippen molar-refractivity contribution in [2.45, 2.75) is 10.9 Å². The van der Waals surface area contributed by atoms with Crippen molar-refractivity contribution in [1.82, 2.24) is 24.6 Å². The zero-order chi connectivity index (χ0) is 15.6. The predicted octanol–water partition coefficient (Wildman–Crippen LogP) is 3.73. The summed E-state index contributed by atoms with van der Waals surface area (Å²) in [6, 6.07) is 9.25. The number of aromatic nitrogens is 5. The fourth-order valence-electron chi connectivity index (χ4n) is 2.03. The Kier molecular flexibility index (Phi) is 3.72. The van der Waals surface area contributed by atoms with Crippen LogP contribution in [0.4, 0.5) is 0 Å². The highest BCUT2D eigenvalue weighted by atomic mass is 35.5. The van der Waals surface area contributed by atoms with Gasteiger partial charge in [0.1, 0.15) is 0 Å². The second-order valence-corrected chi connectivity index (χ2v) is 6.05. The van der Waals surface area contributed by atoms with E-state index in [1.165, 1.54) is 11.8 Å². The molecule has 8 heteroatoms. The molecule has 0 bridgehead atoms.